The van der Waals surface area contributed by atoms with Crippen LogP contribution < -0.4 is 0 Å². The molecule has 0 nitrogen and oxygen atoms in total. The van der Waals surface area contributed by atoms with Crippen LogP contribution in [0.25, 0.3) is 0 Å². The van der Waals surface area contributed by atoms with Crippen LogP contribution in [0, 0.1) is 0 Å². The van der Waals surface area contributed by atoms with Crippen LogP contribution in [0.15, 0.2) is 12.2 Å². The van der Waals surface area contributed by atoms with Crippen LogP contribution in [0.5, 0.6) is 0 Å². The molecule has 0 unspecified atom stereocenters. The van der Waals surface area contributed by atoms with Crippen molar-refractivity contribution < 1.29 is 0 Å². The Balaban J connectivity index is 2.83. The van der Waals surface area contributed by atoms with Crippen molar-refractivity contribution in [2.75, 3.05) is 5.75 Å². The molecule has 0 aliphatic heterocycles. The van der Waals surface area contributed by atoms with E-state index in [1.807, 2.05) is 0 Å². The zero-order valence-corrected chi connectivity index (χ0v) is 9.74. The van der Waals surface area contributed by atoms with Gasteiger partial charge in [0.15, 0.2) is 0 Å². The standard InChI is InChI=1S/C12H23S/c1-2-3-4-5-6-7-8-9-10-11-12-13/h2-3H,4-12H2,1H3. The second-order valence-corrected chi connectivity index (χ2v) is 3.94. The SMILES string of the molecule is CC=CCCCCCCCCC[S]. The second kappa shape index (κ2) is 12.1. The Hall–Kier alpha value is 0.0900. The molecule has 0 aromatic rings. The van der Waals surface area contributed by atoms with E-state index < -0.39 is 0 Å². The van der Waals surface area contributed by atoms with E-state index in [0.29, 0.717) is 0 Å². The van der Waals surface area contributed by atoms with Gasteiger partial charge in [0.1, 0.15) is 0 Å². The van der Waals surface area contributed by atoms with Gasteiger partial charge in [-0.05, 0) is 26.2 Å². The van der Waals surface area contributed by atoms with Crippen molar-refractivity contribution in [2.24, 2.45) is 0 Å². The molecule has 0 rings (SSSR count). The van der Waals surface area contributed by atoms with Crippen molar-refractivity contribution in [1.82, 2.24) is 0 Å². The Kier molecular flexibility index (Phi) is 12.2. The summed E-state index contributed by atoms with van der Waals surface area (Å²) in [5, 5.41) is 0. The van der Waals surface area contributed by atoms with Gasteiger partial charge in [0.25, 0.3) is 0 Å². The highest BCUT2D eigenvalue weighted by atomic mass is 32.1. The van der Waals surface area contributed by atoms with E-state index in [1.165, 1.54) is 51.4 Å². The number of allylic oxidation sites excluding steroid dienone is 2. The fraction of sp³-hybridized carbons (Fsp3) is 0.833. The molecule has 77 valence electrons. The van der Waals surface area contributed by atoms with Gasteiger partial charge in [-0.2, -0.15) is 0 Å². The van der Waals surface area contributed by atoms with Crippen LogP contribution in [0.2, 0.25) is 0 Å². The van der Waals surface area contributed by atoms with E-state index in [2.05, 4.69) is 19.1 Å². The van der Waals surface area contributed by atoms with Gasteiger partial charge in [0.05, 0.1) is 0 Å². The zero-order valence-electron chi connectivity index (χ0n) is 8.93. The van der Waals surface area contributed by atoms with E-state index >= 15 is 0 Å². The lowest BCUT2D eigenvalue weighted by molar-refractivity contribution is 0.593. The van der Waals surface area contributed by atoms with Crippen molar-refractivity contribution >= 4 is 12.6 Å². The molecule has 13 heavy (non-hydrogen) atoms. The summed E-state index contributed by atoms with van der Waals surface area (Å²) in [6, 6.07) is 0. The zero-order chi connectivity index (χ0) is 9.78. The molecule has 0 amide bonds. The Labute approximate surface area is 89.2 Å². The molecule has 0 heterocycles. The summed E-state index contributed by atoms with van der Waals surface area (Å²) < 4.78 is 0. The molecule has 0 spiro atoms. The Morgan fingerprint density at radius 1 is 0.846 bits per heavy atom. The highest BCUT2D eigenvalue weighted by molar-refractivity contribution is 7.80. The minimum absolute atomic E-state index is 0.946. The van der Waals surface area contributed by atoms with Gasteiger partial charge in [0, 0.05) is 5.75 Å². The maximum Gasteiger partial charge on any atom is 0.00369 e. The monoisotopic (exact) mass is 199 g/mol. The van der Waals surface area contributed by atoms with Gasteiger partial charge in [-0.25, -0.2) is 0 Å². The third-order valence-corrected chi connectivity index (χ3v) is 2.54. The van der Waals surface area contributed by atoms with Crippen molar-refractivity contribution in [3.63, 3.8) is 0 Å². The average molecular weight is 199 g/mol. The lowest BCUT2D eigenvalue weighted by atomic mass is 10.1. The first kappa shape index (κ1) is 13.1. The van der Waals surface area contributed by atoms with Gasteiger partial charge < -0.3 is 0 Å². The van der Waals surface area contributed by atoms with Crippen molar-refractivity contribution in [3.05, 3.63) is 12.2 Å². The van der Waals surface area contributed by atoms with Crippen molar-refractivity contribution in [1.29, 1.82) is 0 Å². The molecule has 0 aliphatic carbocycles. The molecule has 0 aromatic heterocycles. The molecule has 0 atom stereocenters. The summed E-state index contributed by atoms with van der Waals surface area (Å²) in [6.07, 6.45) is 15.2. The summed E-state index contributed by atoms with van der Waals surface area (Å²) in [6.45, 7) is 2.09. The fourth-order valence-electron chi connectivity index (χ4n) is 1.41. The van der Waals surface area contributed by atoms with Crippen LogP contribution in [-0.4, -0.2) is 5.75 Å². The van der Waals surface area contributed by atoms with E-state index in [0.717, 1.165) is 5.75 Å². The molecular formula is C12H23S. The Morgan fingerprint density at radius 2 is 1.38 bits per heavy atom. The minimum atomic E-state index is 0.946. The van der Waals surface area contributed by atoms with Crippen molar-refractivity contribution in [3.8, 4) is 0 Å². The third kappa shape index (κ3) is 12.1. The van der Waals surface area contributed by atoms with Gasteiger partial charge in [-0.1, -0.05) is 56.9 Å². The van der Waals surface area contributed by atoms with E-state index in [4.69, 9.17) is 12.6 Å². The van der Waals surface area contributed by atoms with Crippen LogP contribution in [0.1, 0.15) is 58.3 Å². The predicted octanol–water partition coefficient (Wildman–Crippen LogP) is 4.88. The fourth-order valence-corrected chi connectivity index (χ4v) is 1.62. The summed E-state index contributed by atoms with van der Waals surface area (Å²) in [7, 11) is 0. The Bertz CT molecular complexity index is 108. The Morgan fingerprint density at radius 3 is 1.92 bits per heavy atom. The molecule has 0 saturated carbocycles. The first-order valence-electron chi connectivity index (χ1n) is 5.61. The van der Waals surface area contributed by atoms with E-state index in [1.54, 1.807) is 0 Å². The predicted molar refractivity (Wildman–Crippen MR) is 64.2 cm³/mol. The summed E-state index contributed by atoms with van der Waals surface area (Å²) in [5.74, 6) is 0.946. The average Bonchev–Trinajstić information content (AvgIpc) is 2.16. The molecule has 0 saturated heterocycles. The lowest BCUT2D eigenvalue weighted by Crippen LogP contribution is -1.80. The third-order valence-electron chi connectivity index (χ3n) is 2.25. The quantitative estimate of drug-likeness (QED) is 0.367. The van der Waals surface area contributed by atoms with Crippen LogP contribution in [0.3, 0.4) is 0 Å². The van der Waals surface area contributed by atoms with Gasteiger partial charge >= 0.3 is 0 Å². The molecule has 1 radical (unpaired) electrons. The first-order chi connectivity index (χ1) is 6.41. The maximum atomic E-state index is 4.89. The largest absolute Gasteiger partial charge is 0.0942 e. The topological polar surface area (TPSA) is 0 Å². The maximum absolute atomic E-state index is 4.89. The number of rotatable bonds is 9. The summed E-state index contributed by atoms with van der Waals surface area (Å²) in [4.78, 5) is 0. The van der Waals surface area contributed by atoms with E-state index in [-0.39, 0.29) is 0 Å². The number of hydrogen-bond acceptors (Lipinski definition) is 0. The summed E-state index contributed by atoms with van der Waals surface area (Å²) >= 11 is 4.89. The molecule has 1 heteroatoms. The van der Waals surface area contributed by atoms with Crippen LogP contribution in [-0.2, 0) is 0 Å². The van der Waals surface area contributed by atoms with Gasteiger partial charge in [-0.15, -0.1) is 0 Å². The highest BCUT2D eigenvalue weighted by Gasteiger charge is 1.89. The highest BCUT2D eigenvalue weighted by Crippen LogP contribution is 2.08. The van der Waals surface area contributed by atoms with Crippen molar-refractivity contribution in [2.45, 2.75) is 58.3 Å². The number of unbranched alkanes of at least 4 members (excludes halogenated alkanes) is 7. The smallest absolute Gasteiger partial charge is 0.00369 e. The van der Waals surface area contributed by atoms with Gasteiger partial charge in [-0.3, -0.25) is 0 Å². The summed E-state index contributed by atoms with van der Waals surface area (Å²) in [5.41, 5.74) is 0. The molecule has 0 fully saturated rings. The molecule has 0 bridgehead atoms. The lowest BCUT2D eigenvalue weighted by Gasteiger charge is -1.99. The van der Waals surface area contributed by atoms with E-state index in [9.17, 15) is 0 Å². The number of hydrogen-bond donors (Lipinski definition) is 0. The second-order valence-electron chi connectivity index (χ2n) is 3.54. The molecule has 0 aliphatic rings. The van der Waals surface area contributed by atoms with Crippen LogP contribution in [0.4, 0.5) is 0 Å². The minimum Gasteiger partial charge on any atom is -0.0942 e. The molecular weight excluding hydrogens is 176 g/mol. The molecule has 0 N–H and O–H groups in total. The van der Waals surface area contributed by atoms with Gasteiger partial charge in [0.2, 0.25) is 0 Å². The van der Waals surface area contributed by atoms with Crippen LogP contribution >= 0.6 is 12.6 Å². The normalized spacial score (nSPS) is 11.2. The molecule has 0 aromatic carbocycles. The first-order valence-corrected chi connectivity index (χ1v) is 6.18.